The van der Waals surface area contributed by atoms with E-state index in [1.54, 1.807) is 6.08 Å². The number of nitrogens with zero attached hydrogens (tertiary/aromatic N) is 1. The Kier molecular flexibility index (Phi) is 6.58. The summed E-state index contributed by atoms with van der Waals surface area (Å²) in [7, 11) is -3.65. The quantitative estimate of drug-likeness (QED) is 0.523. The first-order valence-electron chi connectivity index (χ1n) is 6.08. The van der Waals surface area contributed by atoms with Gasteiger partial charge in [0.05, 0.1) is 4.90 Å². The Labute approximate surface area is 128 Å². The molecule has 0 unspecified atom stereocenters. The topological polar surface area (TPSA) is 37.4 Å². The molecular weight excluding hydrogens is 345 g/mol. The zero-order chi connectivity index (χ0) is 15.2. The van der Waals surface area contributed by atoms with Crippen LogP contribution in [0.25, 0.3) is 0 Å². The first kappa shape index (κ1) is 17.1. The maximum atomic E-state index is 12.9. The van der Waals surface area contributed by atoms with Gasteiger partial charge in [0.2, 0.25) is 10.0 Å². The third kappa shape index (κ3) is 4.85. The van der Waals surface area contributed by atoms with E-state index in [2.05, 4.69) is 29.1 Å². The molecule has 1 aromatic carbocycles. The number of benzene rings is 1. The molecule has 0 amide bonds. The van der Waals surface area contributed by atoms with Crippen LogP contribution >= 0.6 is 15.9 Å². The second-order valence-corrected chi connectivity index (χ2v) is 7.30. The molecular formula is C14H17BrFNO2S. The van der Waals surface area contributed by atoms with Crippen molar-refractivity contribution in [1.29, 1.82) is 0 Å². The molecule has 110 valence electrons. The van der Waals surface area contributed by atoms with Crippen molar-refractivity contribution in [1.82, 2.24) is 4.31 Å². The molecule has 0 saturated heterocycles. The predicted molar refractivity (Wildman–Crippen MR) is 82.7 cm³/mol. The van der Waals surface area contributed by atoms with Gasteiger partial charge in [-0.2, -0.15) is 4.31 Å². The minimum absolute atomic E-state index is 0.0752. The van der Waals surface area contributed by atoms with Crippen LogP contribution in [0.4, 0.5) is 4.39 Å². The van der Waals surface area contributed by atoms with Crippen LogP contribution in [0.15, 0.2) is 52.9 Å². The van der Waals surface area contributed by atoms with E-state index in [4.69, 9.17) is 0 Å². The maximum Gasteiger partial charge on any atom is 0.243 e. The molecule has 0 aliphatic rings. The van der Waals surface area contributed by atoms with Crippen LogP contribution < -0.4 is 0 Å². The van der Waals surface area contributed by atoms with Gasteiger partial charge in [-0.3, -0.25) is 0 Å². The Balaban J connectivity index is 2.99. The van der Waals surface area contributed by atoms with Crippen LogP contribution in [0.1, 0.15) is 12.8 Å². The summed E-state index contributed by atoms with van der Waals surface area (Å²) in [5.41, 5.74) is 0. The highest BCUT2D eigenvalue weighted by Crippen LogP contribution is 2.19. The molecule has 0 atom stereocenters. The highest BCUT2D eigenvalue weighted by molar-refractivity contribution is 9.11. The number of unbranched alkanes of at least 4 members (excludes halogenated alkanes) is 1. The molecule has 0 N–H and O–H groups in total. The average Bonchev–Trinajstić information content (AvgIpc) is 2.38. The van der Waals surface area contributed by atoms with Crippen molar-refractivity contribution >= 4 is 26.0 Å². The van der Waals surface area contributed by atoms with E-state index >= 15 is 0 Å². The van der Waals surface area contributed by atoms with Gasteiger partial charge in [-0.15, -0.1) is 6.58 Å². The highest BCUT2D eigenvalue weighted by Gasteiger charge is 2.24. The molecule has 1 rings (SSSR count). The molecule has 0 aromatic heterocycles. The normalized spacial score (nSPS) is 11.6. The highest BCUT2D eigenvalue weighted by atomic mass is 79.9. The van der Waals surface area contributed by atoms with Gasteiger partial charge in [0, 0.05) is 17.6 Å². The third-order valence-electron chi connectivity index (χ3n) is 2.62. The minimum atomic E-state index is -3.65. The first-order valence-corrected chi connectivity index (χ1v) is 8.31. The lowest BCUT2D eigenvalue weighted by Gasteiger charge is -2.21. The van der Waals surface area contributed by atoms with Gasteiger partial charge in [-0.1, -0.05) is 28.6 Å². The fourth-order valence-corrected chi connectivity index (χ4v) is 3.59. The predicted octanol–water partition coefficient (Wildman–Crippen LogP) is 3.69. The molecule has 0 aliphatic carbocycles. The summed E-state index contributed by atoms with van der Waals surface area (Å²) in [6, 6.07) is 4.81. The monoisotopic (exact) mass is 361 g/mol. The van der Waals surface area contributed by atoms with E-state index < -0.39 is 15.8 Å². The van der Waals surface area contributed by atoms with Crippen molar-refractivity contribution in [2.75, 3.05) is 13.1 Å². The summed E-state index contributed by atoms with van der Waals surface area (Å²) in [5, 5.41) is 0. The Morgan fingerprint density at radius 1 is 1.35 bits per heavy atom. The smallest absolute Gasteiger partial charge is 0.207 e. The van der Waals surface area contributed by atoms with Crippen molar-refractivity contribution in [3.8, 4) is 0 Å². The number of rotatable bonds is 8. The summed E-state index contributed by atoms with van der Waals surface area (Å²) in [4.78, 5) is 0.0752. The van der Waals surface area contributed by atoms with E-state index in [0.29, 0.717) is 17.4 Å². The second-order valence-electron chi connectivity index (χ2n) is 4.24. The van der Waals surface area contributed by atoms with Crippen molar-refractivity contribution in [3.63, 3.8) is 0 Å². The van der Waals surface area contributed by atoms with Crippen LogP contribution in [0.5, 0.6) is 0 Å². The van der Waals surface area contributed by atoms with Gasteiger partial charge in [-0.25, -0.2) is 12.8 Å². The minimum Gasteiger partial charge on any atom is -0.207 e. The number of halogens is 2. The Morgan fingerprint density at radius 2 is 1.95 bits per heavy atom. The molecule has 0 radical (unpaired) electrons. The fourth-order valence-electron chi connectivity index (χ4n) is 1.64. The van der Waals surface area contributed by atoms with Crippen LogP contribution in [0.3, 0.4) is 0 Å². The SMILES string of the molecule is C=CCCCN(CC(=C)Br)S(=O)(=O)c1ccc(F)cc1. The molecule has 0 fully saturated rings. The molecule has 20 heavy (non-hydrogen) atoms. The van der Waals surface area contributed by atoms with Gasteiger partial charge in [0.1, 0.15) is 5.82 Å². The van der Waals surface area contributed by atoms with Gasteiger partial charge < -0.3 is 0 Å². The first-order chi connectivity index (χ1) is 9.37. The van der Waals surface area contributed by atoms with Gasteiger partial charge >= 0.3 is 0 Å². The number of hydrogen-bond acceptors (Lipinski definition) is 2. The zero-order valence-corrected chi connectivity index (χ0v) is 13.5. The summed E-state index contributed by atoms with van der Waals surface area (Å²) < 4.78 is 39.8. The van der Waals surface area contributed by atoms with E-state index in [0.717, 1.165) is 18.6 Å². The molecule has 6 heteroatoms. The van der Waals surface area contributed by atoms with Crippen LogP contribution in [-0.4, -0.2) is 25.8 Å². The standard InChI is InChI=1S/C14H17BrFNO2S/c1-3-4-5-10-17(11-12(2)15)20(18,19)14-8-6-13(16)7-9-14/h3,6-9H,1-2,4-5,10-11H2. The van der Waals surface area contributed by atoms with Crippen LogP contribution in [0.2, 0.25) is 0 Å². The van der Waals surface area contributed by atoms with Crippen molar-refractivity contribution in [3.05, 3.63) is 53.8 Å². The third-order valence-corrected chi connectivity index (χ3v) is 4.73. The molecule has 1 aromatic rings. The summed E-state index contributed by atoms with van der Waals surface area (Å²) >= 11 is 3.18. The number of hydrogen-bond donors (Lipinski definition) is 0. The lowest BCUT2D eigenvalue weighted by atomic mass is 10.3. The van der Waals surface area contributed by atoms with Crippen molar-refractivity contribution in [2.45, 2.75) is 17.7 Å². The molecule has 0 aliphatic heterocycles. The molecule has 0 bridgehead atoms. The summed E-state index contributed by atoms with van der Waals surface area (Å²) in [5.74, 6) is -0.466. The number of sulfonamides is 1. The van der Waals surface area contributed by atoms with E-state index in [1.165, 1.54) is 16.4 Å². The average molecular weight is 362 g/mol. The molecule has 0 heterocycles. The Morgan fingerprint density at radius 3 is 2.45 bits per heavy atom. The lowest BCUT2D eigenvalue weighted by Crippen LogP contribution is -2.33. The van der Waals surface area contributed by atoms with Gasteiger partial charge in [0.25, 0.3) is 0 Å². The van der Waals surface area contributed by atoms with Crippen molar-refractivity contribution < 1.29 is 12.8 Å². The Bertz CT molecular complexity index is 569. The maximum absolute atomic E-state index is 12.9. The fraction of sp³-hybridized carbons (Fsp3) is 0.286. The summed E-state index contributed by atoms with van der Waals surface area (Å²) in [6.07, 6.45) is 3.14. The van der Waals surface area contributed by atoms with E-state index in [9.17, 15) is 12.8 Å². The largest absolute Gasteiger partial charge is 0.243 e. The van der Waals surface area contributed by atoms with Crippen LogP contribution in [0, 0.1) is 5.82 Å². The summed E-state index contributed by atoms with van der Waals surface area (Å²) in [6.45, 7) is 7.82. The van der Waals surface area contributed by atoms with Gasteiger partial charge in [-0.05, 0) is 37.1 Å². The molecule has 0 saturated carbocycles. The molecule has 0 spiro atoms. The van der Waals surface area contributed by atoms with Crippen LogP contribution in [-0.2, 0) is 10.0 Å². The van der Waals surface area contributed by atoms with E-state index in [1.807, 2.05) is 0 Å². The number of allylic oxidation sites excluding steroid dienone is 1. The second kappa shape index (κ2) is 7.71. The van der Waals surface area contributed by atoms with Crippen molar-refractivity contribution in [2.24, 2.45) is 0 Å². The lowest BCUT2D eigenvalue weighted by molar-refractivity contribution is 0.434. The Hall–Kier alpha value is -0.980. The zero-order valence-electron chi connectivity index (χ0n) is 11.1. The van der Waals surface area contributed by atoms with Gasteiger partial charge in [0.15, 0.2) is 0 Å². The van der Waals surface area contributed by atoms with E-state index in [-0.39, 0.29) is 11.4 Å². The molecule has 3 nitrogen and oxygen atoms in total.